The second-order valence-corrected chi connectivity index (χ2v) is 4.85. The molecule has 0 aromatic carbocycles. The van der Waals surface area contributed by atoms with Crippen molar-refractivity contribution in [1.29, 1.82) is 0 Å². The Bertz CT molecular complexity index is 281. The van der Waals surface area contributed by atoms with Crippen LogP contribution in [-0.4, -0.2) is 37.4 Å². The van der Waals surface area contributed by atoms with Gasteiger partial charge in [-0.2, -0.15) is 13.2 Å². The van der Waals surface area contributed by atoms with E-state index >= 15 is 0 Å². The van der Waals surface area contributed by atoms with Gasteiger partial charge in [-0.1, -0.05) is 0 Å². The standard InChI is InChI=1S/C11H20F3N3O/c1-7(2)16-10(18)17-9-4-6-15-5-3-8(9)11(12,13)14/h7-9,15H,3-6H2,1-2H3,(H2,16,17,18). The highest BCUT2D eigenvalue weighted by Crippen LogP contribution is 2.33. The van der Waals surface area contributed by atoms with Gasteiger partial charge in [-0.05, 0) is 39.8 Å². The Morgan fingerprint density at radius 1 is 1.28 bits per heavy atom. The molecule has 0 saturated carbocycles. The Morgan fingerprint density at radius 2 is 1.89 bits per heavy atom. The molecular weight excluding hydrogens is 247 g/mol. The first kappa shape index (κ1) is 15.1. The van der Waals surface area contributed by atoms with Crippen LogP contribution in [0.2, 0.25) is 0 Å². The smallest absolute Gasteiger partial charge is 0.336 e. The second kappa shape index (κ2) is 6.26. The molecule has 2 unspecified atom stereocenters. The third kappa shape index (κ3) is 4.72. The largest absolute Gasteiger partial charge is 0.393 e. The Hall–Kier alpha value is -0.980. The second-order valence-electron chi connectivity index (χ2n) is 4.85. The van der Waals surface area contributed by atoms with Gasteiger partial charge in [0, 0.05) is 12.1 Å². The molecule has 1 fully saturated rings. The van der Waals surface area contributed by atoms with E-state index in [1.165, 1.54) is 0 Å². The quantitative estimate of drug-likeness (QED) is 0.712. The van der Waals surface area contributed by atoms with Crippen LogP contribution in [0, 0.1) is 5.92 Å². The summed E-state index contributed by atoms with van der Waals surface area (Å²) in [5.74, 6) is -1.48. The van der Waals surface area contributed by atoms with Crippen LogP contribution >= 0.6 is 0 Å². The Labute approximate surface area is 105 Å². The van der Waals surface area contributed by atoms with Crippen molar-refractivity contribution in [2.24, 2.45) is 5.92 Å². The molecule has 1 aliphatic rings. The van der Waals surface area contributed by atoms with Crippen LogP contribution < -0.4 is 16.0 Å². The monoisotopic (exact) mass is 267 g/mol. The van der Waals surface area contributed by atoms with E-state index in [0.29, 0.717) is 13.1 Å². The van der Waals surface area contributed by atoms with Crippen molar-refractivity contribution in [2.45, 2.75) is 44.9 Å². The minimum Gasteiger partial charge on any atom is -0.336 e. The van der Waals surface area contributed by atoms with Crippen LogP contribution in [0.15, 0.2) is 0 Å². The summed E-state index contributed by atoms with van der Waals surface area (Å²) in [4.78, 5) is 11.5. The molecule has 1 rings (SSSR count). The minimum atomic E-state index is -4.28. The first-order valence-electron chi connectivity index (χ1n) is 6.15. The summed E-state index contributed by atoms with van der Waals surface area (Å²) in [5, 5.41) is 7.90. The van der Waals surface area contributed by atoms with Gasteiger partial charge in [0.05, 0.1) is 5.92 Å². The molecule has 0 aliphatic carbocycles. The van der Waals surface area contributed by atoms with E-state index in [2.05, 4.69) is 16.0 Å². The normalized spacial score (nSPS) is 25.7. The van der Waals surface area contributed by atoms with E-state index < -0.39 is 24.2 Å². The molecule has 2 atom stereocenters. The first-order valence-corrected chi connectivity index (χ1v) is 6.15. The molecule has 4 nitrogen and oxygen atoms in total. The Kier molecular flexibility index (Phi) is 5.25. The zero-order valence-corrected chi connectivity index (χ0v) is 10.6. The van der Waals surface area contributed by atoms with Crippen LogP contribution in [0.5, 0.6) is 0 Å². The van der Waals surface area contributed by atoms with Crippen molar-refractivity contribution >= 4 is 6.03 Å². The summed E-state index contributed by atoms with van der Waals surface area (Å²) >= 11 is 0. The van der Waals surface area contributed by atoms with Crippen molar-refractivity contribution in [3.05, 3.63) is 0 Å². The number of nitrogens with one attached hydrogen (secondary N) is 3. The number of halogens is 3. The van der Waals surface area contributed by atoms with E-state index in [1.807, 2.05) is 0 Å². The molecule has 7 heteroatoms. The van der Waals surface area contributed by atoms with Gasteiger partial charge in [0.15, 0.2) is 0 Å². The number of hydrogen-bond acceptors (Lipinski definition) is 2. The van der Waals surface area contributed by atoms with E-state index in [4.69, 9.17) is 0 Å². The van der Waals surface area contributed by atoms with Crippen molar-refractivity contribution in [1.82, 2.24) is 16.0 Å². The Balaban J connectivity index is 2.65. The zero-order chi connectivity index (χ0) is 13.8. The van der Waals surface area contributed by atoms with Gasteiger partial charge in [-0.25, -0.2) is 4.79 Å². The molecule has 0 spiro atoms. The number of rotatable bonds is 2. The van der Waals surface area contributed by atoms with Gasteiger partial charge >= 0.3 is 12.2 Å². The van der Waals surface area contributed by atoms with Crippen LogP contribution in [0.25, 0.3) is 0 Å². The van der Waals surface area contributed by atoms with Gasteiger partial charge in [0.2, 0.25) is 0 Å². The minimum absolute atomic E-state index is 0.00384. The Morgan fingerprint density at radius 3 is 2.44 bits per heavy atom. The van der Waals surface area contributed by atoms with Gasteiger partial charge in [-0.15, -0.1) is 0 Å². The number of carbonyl (C=O) groups is 1. The average molecular weight is 267 g/mol. The lowest BCUT2D eigenvalue weighted by Gasteiger charge is -2.28. The molecule has 2 amide bonds. The lowest BCUT2D eigenvalue weighted by molar-refractivity contribution is -0.182. The molecule has 1 aliphatic heterocycles. The van der Waals surface area contributed by atoms with Gasteiger partial charge in [-0.3, -0.25) is 0 Å². The maximum absolute atomic E-state index is 12.9. The number of alkyl halides is 3. The highest BCUT2D eigenvalue weighted by molar-refractivity contribution is 5.74. The van der Waals surface area contributed by atoms with Crippen molar-refractivity contribution in [3.8, 4) is 0 Å². The summed E-state index contributed by atoms with van der Waals surface area (Å²) in [6.07, 6.45) is -3.99. The van der Waals surface area contributed by atoms with E-state index in [9.17, 15) is 18.0 Å². The summed E-state index contributed by atoms with van der Waals surface area (Å²) in [5.41, 5.74) is 0. The lowest BCUT2D eigenvalue weighted by Crippen LogP contribution is -2.50. The molecule has 18 heavy (non-hydrogen) atoms. The van der Waals surface area contributed by atoms with Gasteiger partial charge < -0.3 is 16.0 Å². The fourth-order valence-electron chi connectivity index (χ4n) is 2.08. The molecule has 1 saturated heterocycles. The van der Waals surface area contributed by atoms with Gasteiger partial charge in [0.25, 0.3) is 0 Å². The molecule has 1 heterocycles. The van der Waals surface area contributed by atoms with Crippen molar-refractivity contribution in [3.63, 3.8) is 0 Å². The number of amides is 2. The SMILES string of the molecule is CC(C)NC(=O)NC1CCNCCC1C(F)(F)F. The molecule has 0 aromatic heterocycles. The average Bonchev–Trinajstić information content (AvgIpc) is 2.40. The molecule has 0 aromatic rings. The van der Waals surface area contributed by atoms with Crippen LogP contribution in [0.4, 0.5) is 18.0 Å². The topological polar surface area (TPSA) is 53.2 Å². The van der Waals surface area contributed by atoms with Gasteiger partial charge in [0.1, 0.15) is 0 Å². The fourth-order valence-corrected chi connectivity index (χ4v) is 2.08. The molecule has 3 N–H and O–H groups in total. The number of carbonyl (C=O) groups excluding carboxylic acids is 1. The highest BCUT2D eigenvalue weighted by Gasteiger charge is 2.45. The molecular formula is C11H20F3N3O. The van der Waals surface area contributed by atoms with Crippen LogP contribution in [0.3, 0.4) is 0 Å². The maximum Gasteiger partial charge on any atom is 0.393 e. The predicted octanol–water partition coefficient (Wildman–Crippen LogP) is 1.62. The fraction of sp³-hybridized carbons (Fsp3) is 0.909. The van der Waals surface area contributed by atoms with Crippen molar-refractivity contribution in [2.75, 3.05) is 13.1 Å². The first-order chi connectivity index (χ1) is 8.30. The third-order valence-electron chi connectivity index (χ3n) is 2.91. The van der Waals surface area contributed by atoms with E-state index in [-0.39, 0.29) is 18.9 Å². The zero-order valence-electron chi connectivity index (χ0n) is 10.6. The predicted molar refractivity (Wildman–Crippen MR) is 62.2 cm³/mol. The van der Waals surface area contributed by atoms with Crippen LogP contribution in [-0.2, 0) is 0 Å². The maximum atomic E-state index is 12.9. The summed E-state index contributed by atoms with van der Waals surface area (Å²) in [7, 11) is 0. The summed E-state index contributed by atoms with van der Waals surface area (Å²) in [6.45, 7) is 4.33. The number of urea groups is 1. The van der Waals surface area contributed by atoms with E-state index in [0.717, 1.165) is 0 Å². The van der Waals surface area contributed by atoms with Crippen molar-refractivity contribution < 1.29 is 18.0 Å². The summed E-state index contributed by atoms with van der Waals surface area (Å²) in [6, 6.07) is -1.50. The number of hydrogen-bond donors (Lipinski definition) is 3. The molecule has 106 valence electrons. The third-order valence-corrected chi connectivity index (χ3v) is 2.91. The lowest BCUT2D eigenvalue weighted by atomic mass is 9.94. The van der Waals surface area contributed by atoms with Crippen LogP contribution in [0.1, 0.15) is 26.7 Å². The highest BCUT2D eigenvalue weighted by atomic mass is 19.4. The molecule has 0 radical (unpaired) electrons. The molecule has 0 bridgehead atoms. The van der Waals surface area contributed by atoms with E-state index in [1.54, 1.807) is 13.8 Å². The summed E-state index contributed by atoms with van der Waals surface area (Å²) < 4.78 is 38.7.